The van der Waals surface area contributed by atoms with Gasteiger partial charge in [0.1, 0.15) is 0 Å². The van der Waals surface area contributed by atoms with Crippen LogP contribution in [0.2, 0.25) is 0 Å². The summed E-state index contributed by atoms with van der Waals surface area (Å²) in [6.07, 6.45) is 3.35. The Balaban J connectivity index is 2.17. The fourth-order valence-corrected chi connectivity index (χ4v) is 2.10. The second kappa shape index (κ2) is 4.53. The predicted molar refractivity (Wildman–Crippen MR) is 62.5 cm³/mol. The van der Waals surface area contributed by atoms with Gasteiger partial charge >= 0.3 is 0 Å². The summed E-state index contributed by atoms with van der Waals surface area (Å²) in [7, 11) is 0. The summed E-state index contributed by atoms with van der Waals surface area (Å²) in [5.74, 6) is 2.04. The molecule has 1 aliphatic rings. The van der Waals surface area contributed by atoms with Crippen LogP contribution in [0.15, 0.2) is 4.52 Å². The van der Waals surface area contributed by atoms with Gasteiger partial charge in [-0.2, -0.15) is 4.98 Å². The number of piperidine rings is 1. The lowest BCUT2D eigenvalue weighted by atomic mass is 9.83. The van der Waals surface area contributed by atoms with Gasteiger partial charge in [0.15, 0.2) is 5.82 Å². The van der Waals surface area contributed by atoms with Crippen molar-refractivity contribution in [3.8, 4) is 0 Å². The maximum Gasteiger partial charge on any atom is 0.233 e. The summed E-state index contributed by atoms with van der Waals surface area (Å²) in [4.78, 5) is 4.56. The second-order valence-electron chi connectivity index (χ2n) is 5.11. The highest BCUT2D eigenvalue weighted by Crippen LogP contribution is 2.30. The Morgan fingerprint density at radius 3 is 3.00 bits per heavy atom. The van der Waals surface area contributed by atoms with Crippen LogP contribution in [0.1, 0.15) is 57.7 Å². The first-order valence-electron chi connectivity index (χ1n) is 6.20. The fraction of sp³-hybridized carbons (Fsp3) is 0.833. The Labute approximate surface area is 96.8 Å². The van der Waals surface area contributed by atoms with E-state index in [0.29, 0.717) is 5.92 Å². The van der Waals surface area contributed by atoms with E-state index in [9.17, 15) is 0 Å². The number of rotatable bonds is 3. The van der Waals surface area contributed by atoms with Crippen molar-refractivity contribution in [3.05, 3.63) is 11.7 Å². The van der Waals surface area contributed by atoms with Crippen molar-refractivity contribution in [2.45, 2.75) is 51.4 Å². The van der Waals surface area contributed by atoms with Crippen LogP contribution >= 0.6 is 0 Å². The first-order valence-corrected chi connectivity index (χ1v) is 6.20. The van der Waals surface area contributed by atoms with Crippen molar-refractivity contribution < 1.29 is 4.52 Å². The van der Waals surface area contributed by atoms with E-state index in [1.165, 1.54) is 6.42 Å². The third-order valence-corrected chi connectivity index (χ3v) is 3.61. The van der Waals surface area contributed by atoms with Crippen molar-refractivity contribution in [3.63, 3.8) is 0 Å². The monoisotopic (exact) mass is 223 g/mol. The number of nitrogens with zero attached hydrogens (tertiary/aromatic N) is 2. The zero-order valence-electron chi connectivity index (χ0n) is 10.4. The molecule has 1 aliphatic heterocycles. The minimum atomic E-state index is 0.0248. The molecule has 0 aliphatic carbocycles. The molecule has 4 nitrogen and oxygen atoms in total. The minimum Gasteiger partial charge on any atom is -0.339 e. The molecule has 90 valence electrons. The Hall–Kier alpha value is -0.900. The van der Waals surface area contributed by atoms with Gasteiger partial charge in [-0.3, -0.25) is 0 Å². The Bertz CT molecular complexity index is 342. The van der Waals surface area contributed by atoms with Gasteiger partial charge in [0.05, 0.1) is 5.41 Å². The van der Waals surface area contributed by atoms with E-state index < -0.39 is 0 Å². The van der Waals surface area contributed by atoms with Gasteiger partial charge in [0, 0.05) is 12.5 Å². The minimum absolute atomic E-state index is 0.0248. The predicted octanol–water partition coefficient (Wildman–Crippen LogP) is 2.22. The van der Waals surface area contributed by atoms with Gasteiger partial charge in [-0.05, 0) is 32.7 Å². The van der Waals surface area contributed by atoms with Crippen LogP contribution in [-0.4, -0.2) is 23.2 Å². The maximum atomic E-state index is 5.43. The molecule has 0 spiro atoms. The summed E-state index contributed by atoms with van der Waals surface area (Å²) in [5, 5.41) is 7.49. The summed E-state index contributed by atoms with van der Waals surface area (Å²) >= 11 is 0. The average Bonchev–Trinajstić information content (AvgIpc) is 2.79. The molecule has 1 aromatic rings. The van der Waals surface area contributed by atoms with Crippen LogP contribution in [0.25, 0.3) is 0 Å². The van der Waals surface area contributed by atoms with Crippen LogP contribution in [-0.2, 0) is 5.41 Å². The topological polar surface area (TPSA) is 51.0 Å². The summed E-state index contributed by atoms with van der Waals surface area (Å²) in [6, 6.07) is 0. The Morgan fingerprint density at radius 1 is 1.56 bits per heavy atom. The molecular weight excluding hydrogens is 202 g/mol. The number of hydrogen-bond acceptors (Lipinski definition) is 4. The van der Waals surface area contributed by atoms with Crippen molar-refractivity contribution in [2.75, 3.05) is 13.1 Å². The molecule has 1 saturated heterocycles. The number of aromatic nitrogens is 2. The van der Waals surface area contributed by atoms with Crippen LogP contribution < -0.4 is 5.32 Å². The van der Waals surface area contributed by atoms with Crippen molar-refractivity contribution in [2.24, 2.45) is 0 Å². The Kier molecular flexibility index (Phi) is 3.28. The van der Waals surface area contributed by atoms with Crippen LogP contribution in [0, 0.1) is 0 Å². The maximum absolute atomic E-state index is 5.43. The molecule has 1 aromatic heterocycles. The highest BCUT2D eigenvalue weighted by molar-refractivity contribution is 5.07. The molecule has 0 saturated carbocycles. The average molecular weight is 223 g/mol. The zero-order valence-corrected chi connectivity index (χ0v) is 10.4. The van der Waals surface area contributed by atoms with E-state index in [4.69, 9.17) is 4.52 Å². The van der Waals surface area contributed by atoms with Gasteiger partial charge in [-0.25, -0.2) is 0 Å². The van der Waals surface area contributed by atoms with Crippen LogP contribution in [0.5, 0.6) is 0 Å². The number of hydrogen-bond donors (Lipinski definition) is 1. The number of nitrogens with one attached hydrogen (secondary N) is 1. The molecule has 0 amide bonds. The van der Waals surface area contributed by atoms with E-state index in [2.05, 4.69) is 36.2 Å². The highest BCUT2D eigenvalue weighted by atomic mass is 16.5. The van der Waals surface area contributed by atoms with E-state index in [-0.39, 0.29) is 5.41 Å². The van der Waals surface area contributed by atoms with E-state index >= 15 is 0 Å². The first-order chi connectivity index (χ1) is 7.65. The van der Waals surface area contributed by atoms with Gasteiger partial charge in [-0.1, -0.05) is 19.0 Å². The quantitative estimate of drug-likeness (QED) is 0.853. The summed E-state index contributed by atoms with van der Waals surface area (Å²) in [6.45, 7) is 8.52. The highest BCUT2D eigenvalue weighted by Gasteiger charge is 2.34. The summed E-state index contributed by atoms with van der Waals surface area (Å²) < 4.78 is 5.43. The molecule has 0 radical (unpaired) electrons. The van der Waals surface area contributed by atoms with Gasteiger partial charge < -0.3 is 9.84 Å². The van der Waals surface area contributed by atoms with Gasteiger partial charge in [-0.15, -0.1) is 0 Å². The third-order valence-electron chi connectivity index (χ3n) is 3.61. The summed E-state index contributed by atoms with van der Waals surface area (Å²) in [5.41, 5.74) is 0.0248. The van der Waals surface area contributed by atoms with Gasteiger partial charge in [0.25, 0.3) is 0 Å². The lowest BCUT2D eigenvalue weighted by Gasteiger charge is -2.30. The third kappa shape index (κ3) is 2.12. The lowest BCUT2D eigenvalue weighted by molar-refractivity contribution is 0.244. The van der Waals surface area contributed by atoms with E-state index in [1.54, 1.807) is 0 Å². The molecule has 4 heteroatoms. The molecule has 2 unspecified atom stereocenters. The SMILES string of the molecule is CCC(C)c1noc(C2(C)CCCNC2)n1. The second-order valence-corrected chi connectivity index (χ2v) is 5.11. The molecule has 1 N–H and O–H groups in total. The molecule has 0 bridgehead atoms. The fourth-order valence-electron chi connectivity index (χ4n) is 2.10. The molecule has 1 fully saturated rings. The van der Waals surface area contributed by atoms with Crippen molar-refractivity contribution in [1.29, 1.82) is 0 Å². The smallest absolute Gasteiger partial charge is 0.233 e. The molecule has 16 heavy (non-hydrogen) atoms. The van der Waals surface area contributed by atoms with Crippen molar-refractivity contribution >= 4 is 0 Å². The Morgan fingerprint density at radius 2 is 2.38 bits per heavy atom. The van der Waals surface area contributed by atoms with E-state index in [1.807, 2.05) is 0 Å². The molecular formula is C12H21N3O. The van der Waals surface area contributed by atoms with E-state index in [0.717, 1.165) is 37.6 Å². The van der Waals surface area contributed by atoms with Crippen molar-refractivity contribution in [1.82, 2.24) is 15.5 Å². The first kappa shape index (κ1) is 11.6. The van der Waals surface area contributed by atoms with Gasteiger partial charge in [0.2, 0.25) is 5.89 Å². The molecule has 0 aromatic carbocycles. The van der Waals surface area contributed by atoms with Crippen LogP contribution in [0.4, 0.5) is 0 Å². The largest absolute Gasteiger partial charge is 0.339 e. The normalized spacial score (nSPS) is 27.9. The molecule has 2 rings (SSSR count). The molecule has 2 heterocycles. The zero-order chi connectivity index (χ0) is 11.6. The standard InChI is InChI=1S/C12H21N3O/c1-4-9(2)10-14-11(16-15-10)12(3)6-5-7-13-8-12/h9,13H,4-8H2,1-3H3. The van der Waals surface area contributed by atoms with Crippen LogP contribution in [0.3, 0.4) is 0 Å². The molecule has 2 atom stereocenters. The lowest BCUT2D eigenvalue weighted by Crippen LogP contribution is -2.41.